The van der Waals surface area contributed by atoms with Crippen LogP contribution in [0.4, 0.5) is 0 Å². The highest BCUT2D eigenvalue weighted by atomic mass is 35.5. The number of nitrogens with zero attached hydrogens (tertiary/aromatic N) is 1. The van der Waals surface area contributed by atoms with Gasteiger partial charge in [0.15, 0.2) is 6.10 Å². The lowest BCUT2D eigenvalue weighted by Crippen LogP contribution is -2.45. The number of rotatable bonds is 8. The molecule has 0 aromatic heterocycles. The summed E-state index contributed by atoms with van der Waals surface area (Å²) >= 11 is 0. The van der Waals surface area contributed by atoms with E-state index in [0.717, 1.165) is 56.1 Å². The maximum Gasteiger partial charge on any atom is 0.263 e. The van der Waals surface area contributed by atoms with Crippen LogP contribution in [-0.4, -0.2) is 43.6 Å². The number of carbonyl (C=O) groups excluding carboxylic acids is 1. The van der Waals surface area contributed by atoms with E-state index in [0.29, 0.717) is 0 Å². The number of halogens is 1. The van der Waals surface area contributed by atoms with Crippen molar-refractivity contribution in [3.8, 4) is 5.75 Å². The van der Waals surface area contributed by atoms with Crippen molar-refractivity contribution in [2.45, 2.75) is 38.7 Å². The second kappa shape index (κ2) is 11.8. The van der Waals surface area contributed by atoms with E-state index in [-0.39, 0.29) is 18.3 Å². The third kappa shape index (κ3) is 6.76. The zero-order chi connectivity index (χ0) is 19.8. The van der Waals surface area contributed by atoms with Gasteiger partial charge in [-0.05, 0) is 62.9 Å². The molecule has 1 atom stereocenters. The average molecular weight is 417 g/mol. The van der Waals surface area contributed by atoms with Gasteiger partial charge in [0.2, 0.25) is 0 Å². The summed E-state index contributed by atoms with van der Waals surface area (Å²) in [6.45, 7) is 4.60. The van der Waals surface area contributed by atoms with Gasteiger partial charge in [0.1, 0.15) is 5.75 Å². The van der Waals surface area contributed by atoms with E-state index in [9.17, 15) is 4.79 Å². The summed E-state index contributed by atoms with van der Waals surface area (Å²) < 4.78 is 6.12. The summed E-state index contributed by atoms with van der Waals surface area (Å²) in [5, 5.41) is 3.22. The Morgan fingerprint density at radius 1 is 1.10 bits per heavy atom. The molecule has 0 spiro atoms. The van der Waals surface area contributed by atoms with Crippen LogP contribution in [0, 0.1) is 5.92 Å². The molecule has 2 aromatic carbocycles. The van der Waals surface area contributed by atoms with Crippen molar-refractivity contribution in [3.05, 3.63) is 65.7 Å². The molecule has 4 nitrogen and oxygen atoms in total. The van der Waals surface area contributed by atoms with Crippen LogP contribution in [-0.2, 0) is 11.2 Å². The SMILES string of the molecule is CNCCC1CCN(C(=O)C(C)Oc2ccccc2Cc2ccccc2)CC1.Cl. The Hall–Kier alpha value is -2.04. The Morgan fingerprint density at radius 3 is 2.45 bits per heavy atom. The van der Waals surface area contributed by atoms with Crippen molar-refractivity contribution in [3.63, 3.8) is 0 Å². The maximum atomic E-state index is 12.9. The summed E-state index contributed by atoms with van der Waals surface area (Å²) in [6, 6.07) is 18.4. The van der Waals surface area contributed by atoms with Gasteiger partial charge in [0.25, 0.3) is 5.91 Å². The Morgan fingerprint density at radius 2 is 1.76 bits per heavy atom. The lowest BCUT2D eigenvalue weighted by atomic mass is 9.93. The number of carbonyl (C=O) groups is 1. The van der Waals surface area contributed by atoms with Crippen molar-refractivity contribution < 1.29 is 9.53 Å². The molecule has 1 heterocycles. The van der Waals surface area contributed by atoms with Crippen molar-refractivity contribution in [2.75, 3.05) is 26.7 Å². The Balaban J connectivity index is 0.00000300. The van der Waals surface area contributed by atoms with Crippen LogP contribution < -0.4 is 10.1 Å². The molecule has 0 saturated carbocycles. The van der Waals surface area contributed by atoms with E-state index >= 15 is 0 Å². The quantitative estimate of drug-likeness (QED) is 0.696. The average Bonchev–Trinajstić information content (AvgIpc) is 2.74. The van der Waals surface area contributed by atoms with Gasteiger partial charge in [-0.15, -0.1) is 12.4 Å². The Bertz CT molecular complexity index is 746. The van der Waals surface area contributed by atoms with Crippen LogP contribution in [0.1, 0.15) is 37.3 Å². The second-order valence-electron chi connectivity index (χ2n) is 7.69. The van der Waals surface area contributed by atoms with Crippen molar-refractivity contribution in [1.82, 2.24) is 10.2 Å². The van der Waals surface area contributed by atoms with Gasteiger partial charge in [-0.2, -0.15) is 0 Å². The molecule has 1 fully saturated rings. The smallest absolute Gasteiger partial charge is 0.263 e. The number of ether oxygens (including phenoxy) is 1. The molecule has 158 valence electrons. The molecular formula is C24H33ClN2O2. The van der Waals surface area contributed by atoms with Gasteiger partial charge < -0.3 is 15.0 Å². The molecule has 2 aromatic rings. The van der Waals surface area contributed by atoms with Gasteiger partial charge >= 0.3 is 0 Å². The number of piperidine rings is 1. The minimum absolute atomic E-state index is 0. The first-order valence-corrected chi connectivity index (χ1v) is 10.4. The number of amides is 1. The predicted molar refractivity (Wildman–Crippen MR) is 121 cm³/mol. The third-order valence-corrected chi connectivity index (χ3v) is 5.59. The van der Waals surface area contributed by atoms with Crippen LogP contribution >= 0.6 is 12.4 Å². The topological polar surface area (TPSA) is 41.6 Å². The summed E-state index contributed by atoms with van der Waals surface area (Å²) in [5.41, 5.74) is 2.35. The maximum absolute atomic E-state index is 12.9. The number of hydrogen-bond acceptors (Lipinski definition) is 3. The van der Waals surface area contributed by atoms with Crippen LogP contribution in [0.25, 0.3) is 0 Å². The largest absolute Gasteiger partial charge is 0.481 e. The molecule has 0 bridgehead atoms. The Kier molecular flexibility index (Phi) is 9.49. The highest BCUT2D eigenvalue weighted by molar-refractivity contribution is 5.85. The molecule has 1 saturated heterocycles. The van der Waals surface area contributed by atoms with Crippen molar-refractivity contribution in [2.24, 2.45) is 5.92 Å². The highest BCUT2D eigenvalue weighted by Gasteiger charge is 2.27. The zero-order valence-corrected chi connectivity index (χ0v) is 18.3. The molecule has 0 radical (unpaired) electrons. The number of para-hydroxylation sites is 1. The van der Waals surface area contributed by atoms with Crippen LogP contribution in [0.15, 0.2) is 54.6 Å². The number of benzene rings is 2. The van der Waals surface area contributed by atoms with E-state index in [1.807, 2.05) is 55.3 Å². The fourth-order valence-electron chi connectivity index (χ4n) is 3.87. The molecule has 5 heteroatoms. The minimum atomic E-state index is -0.467. The first-order valence-electron chi connectivity index (χ1n) is 10.4. The number of nitrogens with one attached hydrogen (secondary N) is 1. The first-order chi connectivity index (χ1) is 13.7. The van der Waals surface area contributed by atoms with Crippen molar-refractivity contribution >= 4 is 18.3 Å². The number of likely N-dealkylation sites (tertiary alicyclic amines) is 1. The summed E-state index contributed by atoms with van der Waals surface area (Å²) in [5.74, 6) is 1.62. The molecule has 1 aliphatic rings. The normalized spacial score (nSPS) is 15.4. The standard InChI is InChI=1S/C24H32N2O2.ClH/c1-19(24(27)26-16-13-20(14-17-26)12-15-25-2)28-23-11-7-6-10-22(23)18-21-8-4-3-5-9-21;/h3-11,19-20,25H,12-18H2,1-2H3;1H. The van der Waals surface area contributed by atoms with Gasteiger partial charge in [-0.25, -0.2) is 0 Å². The summed E-state index contributed by atoms with van der Waals surface area (Å²) in [4.78, 5) is 14.9. The zero-order valence-electron chi connectivity index (χ0n) is 17.5. The van der Waals surface area contributed by atoms with E-state index in [2.05, 4.69) is 23.5 Å². The first kappa shape index (κ1) is 23.2. The highest BCUT2D eigenvalue weighted by Crippen LogP contribution is 2.24. The van der Waals surface area contributed by atoms with Gasteiger partial charge in [-0.1, -0.05) is 48.5 Å². The predicted octanol–water partition coefficient (Wildman–Crippen LogP) is 4.31. The van der Waals surface area contributed by atoms with Crippen LogP contribution in [0.5, 0.6) is 5.75 Å². The van der Waals surface area contributed by atoms with E-state index in [1.165, 1.54) is 12.0 Å². The molecule has 1 amide bonds. The molecule has 29 heavy (non-hydrogen) atoms. The van der Waals surface area contributed by atoms with Gasteiger partial charge in [0, 0.05) is 19.5 Å². The summed E-state index contributed by atoms with van der Waals surface area (Å²) in [6.07, 6.45) is 3.70. The lowest BCUT2D eigenvalue weighted by molar-refractivity contribution is -0.139. The fraction of sp³-hybridized carbons (Fsp3) is 0.458. The molecule has 3 rings (SSSR count). The van der Waals surface area contributed by atoms with Crippen LogP contribution in [0.2, 0.25) is 0 Å². The second-order valence-corrected chi connectivity index (χ2v) is 7.69. The molecule has 0 aliphatic carbocycles. The van der Waals surface area contributed by atoms with Crippen LogP contribution in [0.3, 0.4) is 0 Å². The van der Waals surface area contributed by atoms with E-state index < -0.39 is 6.10 Å². The van der Waals surface area contributed by atoms with E-state index in [4.69, 9.17) is 4.74 Å². The summed E-state index contributed by atoms with van der Waals surface area (Å²) in [7, 11) is 1.99. The molecule has 1 N–H and O–H groups in total. The number of hydrogen-bond donors (Lipinski definition) is 1. The van der Waals surface area contributed by atoms with Gasteiger partial charge in [0.05, 0.1) is 0 Å². The fourth-order valence-corrected chi connectivity index (χ4v) is 3.87. The molecular weight excluding hydrogens is 384 g/mol. The molecule has 1 unspecified atom stereocenters. The van der Waals surface area contributed by atoms with E-state index in [1.54, 1.807) is 0 Å². The third-order valence-electron chi connectivity index (χ3n) is 5.59. The molecule has 1 aliphatic heterocycles. The van der Waals surface area contributed by atoms with Gasteiger partial charge in [-0.3, -0.25) is 4.79 Å². The lowest BCUT2D eigenvalue weighted by Gasteiger charge is -2.33. The Labute approximate surface area is 181 Å². The monoisotopic (exact) mass is 416 g/mol. The minimum Gasteiger partial charge on any atom is -0.481 e. The van der Waals surface area contributed by atoms with Crippen molar-refractivity contribution in [1.29, 1.82) is 0 Å².